The average molecular weight is 434 g/mol. The fourth-order valence-electron chi connectivity index (χ4n) is 5.79. The van der Waals surface area contributed by atoms with Gasteiger partial charge in [-0.2, -0.15) is 0 Å². The Labute approximate surface area is 191 Å². The standard InChI is InChI=1S/C26H47N3O2/c1-7-15-29(21(6)25(20(5)8-2)22(9-3)10-4)24-13-16-27(17-14-24)23-11-18-28(19-12-23)26(30)31/h22-25H,5-19H2,1-4H3,(H,30,31). The Hall–Kier alpha value is -1.49. The largest absolute Gasteiger partial charge is 0.465 e. The van der Waals surface area contributed by atoms with Gasteiger partial charge in [-0.25, -0.2) is 4.79 Å². The van der Waals surface area contributed by atoms with E-state index in [1.807, 2.05) is 0 Å². The van der Waals surface area contributed by atoms with E-state index in [4.69, 9.17) is 0 Å². The van der Waals surface area contributed by atoms with Crippen molar-refractivity contribution in [1.82, 2.24) is 14.7 Å². The van der Waals surface area contributed by atoms with Crippen LogP contribution in [0.5, 0.6) is 0 Å². The van der Waals surface area contributed by atoms with E-state index in [2.05, 4.69) is 50.7 Å². The number of piperidine rings is 2. The predicted octanol–water partition coefficient (Wildman–Crippen LogP) is 5.84. The van der Waals surface area contributed by atoms with Gasteiger partial charge < -0.3 is 19.8 Å². The summed E-state index contributed by atoms with van der Waals surface area (Å²) in [4.78, 5) is 18.0. The number of likely N-dealkylation sites (tertiary alicyclic amines) is 2. The highest BCUT2D eigenvalue weighted by molar-refractivity contribution is 5.65. The molecule has 2 heterocycles. The lowest BCUT2D eigenvalue weighted by Gasteiger charge is -2.46. The third-order valence-electron chi connectivity index (χ3n) is 7.80. The molecule has 0 aromatic carbocycles. The maximum Gasteiger partial charge on any atom is 0.407 e. The molecule has 0 aliphatic carbocycles. The minimum absolute atomic E-state index is 0.393. The van der Waals surface area contributed by atoms with E-state index in [1.165, 1.54) is 37.0 Å². The molecule has 2 fully saturated rings. The molecule has 178 valence electrons. The minimum Gasteiger partial charge on any atom is -0.465 e. The fraction of sp³-hybridized carbons (Fsp3) is 0.808. The van der Waals surface area contributed by atoms with Gasteiger partial charge in [0.05, 0.1) is 0 Å². The molecule has 1 amide bonds. The summed E-state index contributed by atoms with van der Waals surface area (Å²) in [6, 6.07) is 1.10. The lowest BCUT2D eigenvalue weighted by molar-refractivity contribution is 0.0593. The number of carboxylic acid groups (broad SMARTS) is 1. The molecule has 0 aromatic heterocycles. The molecule has 0 bridgehead atoms. The third kappa shape index (κ3) is 6.50. The summed E-state index contributed by atoms with van der Waals surface area (Å²) in [6.45, 7) is 22.9. The molecule has 31 heavy (non-hydrogen) atoms. The predicted molar refractivity (Wildman–Crippen MR) is 130 cm³/mol. The number of carbonyl (C=O) groups is 1. The second-order valence-corrected chi connectivity index (χ2v) is 9.52. The van der Waals surface area contributed by atoms with Gasteiger partial charge >= 0.3 is 6.09 Å². The second-order valence-electron chi connectivity index (χ2n) is 9.52. The van der Waals surface area contributed by atoms with Gasteiger partial charge in [-0.05, 0) is 44.4 Å². The lowest BCUT2D eigenvalue weighted by atomic mass is 9.79. The van der Waals surface area contributed by atoms with Crippen LogP contribution in [-0.4, -0.2) is 70.7 Å². The Bertz CT molecular complexity index is 585. The minimum atomic E-state index is -0.772. The molecule has 2 aliphatic heterocycles. The zero-order chi connectivity index (χ0) is 23.0. The monoisotopic (exact) mass is 433 g/mol. The Morgan fingerprint density at radius 3 is 2.03 bits per heavy atom. The van der Waals surface area contributed by atoms with Crippen LogP contribution in [0.25, 0.3) is 0 Å². The van der Waals surface area contributed by atoms with Crippen LogP contribution in [0, 0.1) is 11.8 Å². The molecule has 1 N–H and O–H groups in total. The number of nitrogens with zero attached hydrogens (tertiary/aromatic N) is 3. The third-order valence-corrected chi connectivity index (χ3v) is 7.80. The average Bonchev–Trinajstić information content (AvgIpc) is 2.80. The van der Waals surface area contributed by atoms with Crippen LogP contribution in [0.3, 0.4) is 0 Å². The van der Waals surface area contributed by atoms with E-state index in [1.54, 1.807) is 4.90 Å². The summed E-state index contributed by atoms with van der Waals surface area (Å²) in [5.41, 5.74) is 2.64. The molecule has 5 nitrogen and oxygen atoms in total. The maximum atomic E-state index is 11.2. The van der Waals surface area contributed by atoms with Crippen molar-refractivity contribution in [3.8, 4) is 0 Å². The van der Waals surface area contributed by atoms with Crippen molar-refractivity contribution >= 4 is 6.09 Å². The van der Waals surface area contributed by atoms with Crippen molar-refractivity contribution in [1.29, 1.82) is 0 Å². The van der Waals surface area contributed by atoms with E-state index in [9.17, 15) is 9.90 Å². The molecule has 1 atom stereocenters. The Balaban J connectivity index is 2.01. The molecule has 2 rings (SSSR count). The first kappa shape index (κ1) is 25.8. The molecule has 2 saturated heterocycles. The van der Waals surface area contributed by atoms with Gasteiger partial charge in [-0.15, -0.1) is 0 Å². The Morgan fingerprint density at radius 1 is 1.00 bits per heavy atom. The molecule has 0 aromatic rings. The van der Waals surface area contributed by atoms with Crippen molar-refractivity contribution < 1.29 is 9.90 Å². The van der Waals surface area contributed by atoms with Gasteiger partial charge in [-0.3, -0.25) is 0 Å². The van der Waals surface area contributed by atoms with E-state index in [0.29, 0.717) is 37.0 Å². The number of allylic oxidation sites excluding steroid dienone is 1. The van der Waals surface area contributed by atoms with E-state index in [-0.39, 0.29) is 0 Å². The molecular weight excluding hydrogens is 386 g/mol. The molecule has 0 spiro atoms. The summed E-state index contributed by atoms with van der Waals surface area (Å²) >= 11 is 0. The highest BCUT2D eigenvalue weighted by Crippen LogP contribution is 2.37. The van der Waals surface area contributed by atoms with Crippen molar-refractivity contribution in [2.45, 2.75) is 91.1 Å². The molecule has 0 radical (unpaired) electrons. The Kier molecular flexibility index (Phi) is 10.4. The molecular formula is C26H47N3O2. The van der Waals surface area contributed by atoms with Crippen molar-refractivity contribution in [2.24, 2.45) is 11.8 Å². The van der Waals surface area contributed by atoms with Gasteiger partial charge in [0.25, 0.3) is 0 Å². The number of amides is 1. The maximum absolute atomic E-state index is 11.2. The summed E-state index contributed by atoms with van der Waals surface area (Å²) in [5, 5.41) is 9.20. The van der Waals surface area contributed by atoms with Crippen LogP contribution < -0.4 is 0 Å². The number of rotatable bonds is 11. The van der Waals surface area contributed by atoms with E-state index < -0.39 is 6.09 Å². The van der Waals surface area contributed by atoms with Crippen LogP contribution in [0.15, 0.2) is 24.4 Å². The summed E-state index contributed by atoms with van der Waals surface area (Å²) in [5.74, 6) is 1.02. The number of hydrogen-bond acceptors (Lipinski definition) is 3. The Morgan fingerprint density at radius 2 is 1.58 bits per heavy atom. The SMILES string of the molecule is C=C(CC)C(C(=C)N(CCC)C1CCN(C2CCN(C(=O)O)CC2)CC1)C(CC)CC. The van der Waals surface area contributed by atoms with Crippen molar-refractivity contribution in [3.63, 3.8) is 0 Å². The van der Waals surface area contributed by atoms with Gasteiger partial charge in [0, 0.05) is 56.4 Å². The van der Waals surface area contributed by atoms with Crippen LogP contribution in [0.2, 0.25) is 0 Å². The van der Waals surface area contributed by atoms with Crippen LogP contribution in [-0.2, 0) is 0 Å². The first-order valence-electron chi connectivity index (χ1n) is 12.7. The molecule has 1 unspecified atom stereocenters. The van der Waals surface area contributed by atoms with Crippen LogP contribution >= 0.6 is 0 Å². The van der Waals surface area contributed by atoms with Crippen molar-refractivity contribution in [3.05, 3.63) is 24.4 Å². The summed E-state index contributed by atoms with van der Waals surface area (Å²) < 4.78 is 0. The molecule has 5 heteroatoms. The highest BCUT2D eigenvalue weighted by Gasteiger charge is 2.34. The van der Waals surface area contributed by atoms with Crippen LogP contribution in [0.1, 0.15) is 79.1 Å². The smallest absolute Gasteiger partial charge is 0.407 e. The zero-order valence-electron chi connectivity index (χ0n) is 20.6. The first-order valence-corrected chi connectivity index (χ1v) is 12.7. The van der Waals surface area contributed by atoms with E-state index in [0.717, 1.165) is 45.3 Å². The topological polar surface area (TPSA) is 47.0 Å². The summed E-state index contributed by atoms with van der Waals surface area (Å²) in [7, 11) is 0. The van der Waals surface area contributed by atoms with Gasteiger partial charge in [0.15, 0.2) is 0 Å². The van der Waals surface area contributed by atoms with Crippen molar-refractivity contribution in [2.75, 3.05) is 32.7 Å². The molecule has 0 saturated carbocycles. The van der Waals surface area contributed by atoms with Gasteiger partial charge in [0.1, 0.15) is 0 Å². The fourth-order valence-corrected chi connectivity index (χ4v) is 5.79. The van der Waals surface area contributed by atoms with Crippen LogP contribution in [0.4, 0.5) is 4.79 Å². The zero-order valence-corrected chi connectivity index (χ0v) is 20.6. The molecule has 2 aliphatic rings. The highest BCUT2D eigenvalue weighted by atomic mass is 16.4. The van der Waals surface area contributed by atoms with Gasteiger partial charge in [-0.1, -0.05) is 59.3 Å². The normalized spacial score (nSPS) is 20.1. The second kappa shape index (κ2) is 12.5. The lowest BCUT2D eigenvalue weighted by Crippen LogP contribution is -2.52. The summed E-state index contributed by atoms with van der Waals surface area (Å²) in [6.07, 6.45) is 8.02. The number of hydrogen-bond donors (Lipinski definition) is 1. The van der Waals surface area contributed by atoms with Gasteiger partial charge in [0.2, 0.25) is 0 Å². The first-order chi connectivity index (χ1) is 14.9. The quantitative estimate of drug-likeness (QED) is 0.416. The van der Waals surface area contributed by atoms with E-state index >= 15 is 0 Å².